The van der Waals surface area contributed by atoms with Crippen LogP contribution >= 0.6 is 0 Å². The van der Waals surface area contributed by atoms with Gasteiger partial charge in [-0.1, -0.05) is 19.9 Å². The van der Waals surface area contributed by atoms with Crippen LogP contribution < -0.4 is 0 Å². The number of carbonyl (C=O) groups excluding carboxylic acids is 1. The third kappa shape index (κ3) is 6.27. The van der Waals surface area contributed by atoms with Crippen molar-refractivity contribution in [1.29, 1.82) is 0 Å². The molecule has 3 aromatic rings. The number of imidazole rings is 1. The Bertz CT molecular complexity index is 1480. The Hall–Kier alpha value is -2.92. The molecule has 2 atom stereocenters. The van der Waals surface area contributed by atoms with Crippen molar-refractivity contribution in [2.75, 3.05) is 65.7 Å². The van der Waals surface area contributed by atoms with Crippen molar-refractivity contribution in [3.63, 3.8) is 0 Å². The number of morpholine rings is 2. The van der Waals surface area contributed by atoms with Crippen molar-refractivity contribution in [2.24, 2.45) is 5.92 Å². The molecule has 0 unspecified atom stereocenters. The van der Waals surface area contributed by atoms with E-state index in [1.165, 1.54) is 12.1 Å². The number of hydrogen-bond acceptors (Lipinski definition) is 6. The molecular formula is C34H45F2N5O3. The number of hydrogen-bond donors (Lipinski definition) is 0. The van der Waals surface area contributed by atoms with E-state index in [1.54, 1.807) is 22.3 Å². The SMILES string of the molecule is Cc1nc(F)c2c(-c3ccc(F)cc3C(=O)N3CCOC[C@H]3C)cc(C3CN([C@H](CCCN4CCOCC4)C(C)C)C3)cn12. The van der Waals surface area contributed by atoms with E-state index in [0.29, 0.717) is 54.2 Å². The average molecular weight is 610 g/mol. The van der Waals surface area contributed by atoms with Crippen LogP contribution in [0.5, 0.6) is 0 Å². The van der Waals surface area contributed by atoms with E-state index in [2.05, 4.69) is 28.6 Å². The molecule has 0 bridgehead atoms. The van der Waals surface area contributed by atoms with E-state index in [-0.39, 0.29) is 23.4 Å². The van der Waals surface area contributed by atoms with Gasteiger partial charge in [-0.3, -0.25) is 14.6 Å². The molecule has 0 radical (unpaired) electrons. The highest BCUT2D eigenvalue weighted by Crippen LogP contribution is 2.38. The number of amides is 1. The van der Waals surface area contributed by atoms with Gasteiger partial charge in [0.2, 0.25) is 5.95 Å². The number of rotatable bonds is 9. The lowest BCUT2D eigenvalue weighted by molar-refractivity contribution is 0.00361. The highest BCUT2D eigenvalue weighted by atomic mass is 19.1. The normalized spacial score (nSPS) is 21.2. The van der Waals surface area contributed by atoms with Crippen LogP contribution in [-0.2, 0) is 9.47 Å². The number of aryl methyl sites for hydroxylation is 1. The highest BCUT2D eigenvalue weighted by molar-refractivity contribution is 6.03. The Balaban J connectivity index is 1.27. The second-order valence-corrected chi connectivity index (χ2v) is 13.0. The summed E-state index contributed by atoms with van der Waals surface area (Å²) in [5.41, 5.74) is 2.68. The van der Waals surface area contributed by atoms with E-state index >= 15 is 4.39 Å². The monoisotopic (exact) mass is 609 g/mol. The zero-order valence-electron chi connectivity index (χ0n) is 26.4. The summed E-state index contributed by atoms with van der Waals surface area (Å²) in [6.07, 6.45) is 4.31. The summed E-state index contributed by atoms with van der Waals surface area (Å²) in [4.78, 5) is 24.7. The quantitative estimate of drug-likeness (QED) is 0.341. The molecule has 1 aromatic carbocycles. The van der Waals surface area contributed by atoms with Crippen molar-refractivity contribution in [3.8, 4) is 11.1 Å². The van der Waals surface area contributed by atoms with Gasteiger partial charge in [0.25, 0.3) is 5.91 Å². The van der Waals surface area contributed by atoms with E-state index < -0.39 is 11.8 Å². The fourth-order valence-corrected chi connectivity index (χ4v) is 7.15. The molecule has 238 valence electrons. The Labute approximate surface area is 258 Å². The first-order valence-corrected chi connectivity index (χ1v) is 16.1. The lowest BCUT2D eigenvalue weighted by Gasteiger charge is -2.46. The molecule has 3 aliphatic rings. The molecular weight excluding hydrogens is 564 g/mol. The molecule has 3 aliphatic heterocycles. The number of pyridine rings is 1. The zero-order valence-corrected chi connectivity index (χ0v) is 26.4. The predicted octanol–water partition coefficient (Wildman–Crippen LogP) is 4.99. The van der Waals surface area contributed by atoms with Gasteiger partial charge < -0.3 is 18.8 Å². The summed E-state index contributed by atoms with van der Waals surface area (Å²) < 4.78 is 42.8. The lowest BCUT2D eigenvalue weighted by atomic mass is 9.85. The summed E-state index contributed by atoms with van der Waals surface area (Å²) in [6.45, 7) is 16.2. The second kappa shape index (κ2) is 13.2. The van der Waals surface area contributed by atoms with E-state index in [0.717, 1.165) is 64.3 Å². The van der Waals surface area contributed by atoms with Gasteiger partial charge in [0.15, 0.2) is 0 Å². The molecule has 1 amide bonds. The molecule has 6 rings (SSSR count). The van der Waals surface area contributed by atoms with E-state index in [4.69, 9.17) is 9.47 Å². The number of likely N-dealkylation sites (tertiary alicyclic amines) is 1. The molecule has 2 aromatic heterocycles. The first-order valence-electron chi connectivity index (χ1n) is 16.1. The van der Waals surface area contributed by atoms with Crippen LogP contribution in [0.1, 0.15) is 61.3 Å². The number of benzene rings is 1. The number of aromatic nitrogens is 2. The lowest BCUT2D eigenvalue weighted by Crippen LogP contribution is -2.52. The van der Waals surface area contributed by atoms with Crippen LogP contribution in [0.4, 0.5) is 8.78 Å². The molecule has 0 saturated carbocycles. The van der Waals surface area contributed by atoms with Crippen LogP contribution in [0.15, 0.2) is 30.5 Å². The fraction of sp³-hybridized carbons (Fsp3) is 0.588. The van der Waals surface area contributed by atoms with Gasteiger partial charge in [0.1, 0.15) is 17.2 Å². The van der Waals surface area contributed by atoms with Crippen molar-refractivity contribution in [2.45, 2.75) is 58.5 Å². The Morgan fingerprint density at radius 3 is 2.52 bits per heavy atom. The van der Waals surface area contributed by atoms with Crippen LogP contribution in [0.3, 0.4) is 0 Å². The molecule has 0 aliphatic carbocycles. The van der Waals surface area contributed by atoms with E-state index in [9.17, 15) is 9.18 Å². The van der Waals surface area contributed by atoms with Gasteiger partial charge in [-0.15, -0.1) is 0 Å². The molecule has 44 heavy (non-hydrogen) atoms. The Kier molecular flexibility index (Phi) is 9.33. The number of ether oxygens (including phenoxy) is 2. The Morgan fingerprint density at radius 2 is 1.80 bits per heavy atom. The summed E-state index contributed by atoms with van der Waals surface area (Å²) in [5.74, 6) is -0.0273. The maximum absolute atomic E-state index is 15.4. The number of carbonyl (C=O) groups is 1. The van der Waals surface area contributed by atoms with Gasteiger partial charge in [0, 0.05) is 56.4 Å². The van der Waals surface area contributed by atoms with Crippen LogP contribution in [0.25, 0.3) is 16.6 Å². The fourth-order valence-electron chi connectivity index (χ4n) is 7.15. The average Bonchev–Trinajstić information content (AvgIpc) is 3.28. The largest absolute Gasteiger partial charge is 0.379 e. The first-order chi connectivity index (χ1) is 21.2. The van der Waals surface area contributed by atoms with Gasteiger partial charge in [-0.25, -0.2) is 9.37 Å². The molecule has 3 saturated heterocycles. The summed E-state index contributed by atoms with van der Waals surface area (Å²) in [6, 6.07) is 6.58. The van der Waals surface area contributed by atoms with Crippen LogP contribution in [0, 0.1) is 24.6 Å². The van der Waals surface area contributed by atoms with Crippen LogP contribution in [0.2, 0.25) is 0 Å². The standard InChI is InChI=1S/C34H45F2N5O3/c1-22(2)31(6-5-9-38-10-13-43-14-11-38)39-18-26(19-39)25-16-29(32-33(36)37-24(4)41(32)20-25)28-8-7-27(35)17-30(28)34(42)40-12-15-44-21-23(40)3/h7-8,16-17,20,22-23,26,31H,5-6,9-15,18-19,21H2,1-4H3/t23-,31-/m1/s1. The molecule has 3 fully saturated rings. The van der Waals surface area contributed by atoms with Crippen molar-refractivity contribution in [3.05, 3.63) is 59.2 Å². The topological polar surface area (TPSA) is 62.6 Å². The van der Waals surface area contributed by atoms with Crippen molar-refractivity contribution in [1.82, 2.24) is 24.1 Å². The van der Waals surface area contributed by atoms with E-state index in [1.807, 2.05) is 19.2 Å². The molecule has 5 heterocycles. The number of halogens is 2. The second-order valence-electron chi connectivity index (χ2n) is 13.0. The third-order valence-corrected chi connectivity index (χ3v) is 9.72. The Morgan fingerprint density at radius 1 is 1.05 bits per heavy atom. The summed E-state index contributed by atoms with van der Waals surface area (Å²) in [5, 5.41) is 0. The maximum Gasteiger partial charge on any atom is 0.254 e. The van der Waals surface area contributed by atoms with Crippen molar-refractivity contribution >= 4 is 11.4 Å². The first kappa shape index (κ1) is 31.1. The minimum atomic E-state index is -0.595. The number of fused-ring (bicyclic) bond motifs is 1. The van der Waals surface area contributed by atoms with Gasteiger partial charge in [0.05, 0.1) is 38.0 Å². The molecule has 10 heteroatoms. The van der Waals surface area contributed by atoms with Gasteiger partial charge in [-0.2, -0.15) is 4.39 Å². The minimum absolute atomic E-state index is 0.142. The molecule has 0 N–H and O–H groups in total. The smallest absolute Gasteiger partial charge is 0.254 e. The van der Waals surface area contributed by atoms with Gasteiger partial charge >= 0.3 is 0 Å². The van der Waals surface area contributed by atoms with Crippen LogP contribution in [-0.4, -0.2) is 108 Å². The molecule has 0 spiro atoms. The molecule has 8 nitrogen and oxygen atoms in total. The maximum atomic E-state index is 15.4. The predicted molar refractivity (Wildman–Crippen MR) is 166 cm³/mol. The third-order valence-electron chi connectivity index (χ3n) is 9.72. The minimum Gasteiger partial charge on any atom is -0.379 e. The summed E-state index contributed by atoms with van der Waals surface area (Å²) >= 11 is 0. The highest BCUT2D eigenvalue weighted by Gasteiger charge is 2.36. The van der Waals surface area contributed by atoms with Gasteiger partial charge in [-0.05, 0) is 68.5 Å². The summed E-state index contributed by atoms with van der Waals surface area (Å²) in [7, 11) is 0. The zero-order chi connectivity index (χ0) is 31.0. The number of nitrogens with zero attached hydrogens (tertiary/aromatic N) is 5. The van der Waals surface area contributed by atoms with Crippen molar-refractivity contribution < 1.29 is 23.0 Å².